The summed E-state index contributed by atoms with van der Waals surface area (Å²) in [5.41, 5.74) is 1.79. The first kappa shape index (κ1) is 17.0. The number of fused-ring (bicyclic) bond motifs is 1. The van der Waals surface area contributed by atoms with E-state index in [2.05, 4.69) is 10.3 Å². The molecule has 6 heteroatoms. The zero-order valence-electron chi connectivity index (χ0n) is 13.8. The van der Waals surface area contributed by atoms with Gasteiger partial charge in [0, 0.05) is 6.42 Å². The number of esters is 1. The number of ether oxygens (including phenoxy) is 1. The van der Waals surface area contributed by atoms with Crippen LogP contribution in [0.15, 0.2) is 24.3 Å². The van der Waals surface area contributed by atoms with Gasteiger partial charge in [0.2, 0.25) is 5.91 Å². The van der Waals surface area contributed by atoms with Gasteiger partial charge in [0.25, 0.3) is 0 Å². The van der Waals surface area contributed by atoms with Crippen molar-refractivity contribution in [2.24, 2.45) is 0 Å². The van der Waals surface area contributed by atoms with E-state index in [1.54, 1.807) is 0 Å². The molecule has 6 nitrogen and oxygen atoms in total. The van der Waals surface area contributed by atoms with Crippen molar-refractivity contribution >= 4 is 22.9 Å². The lowest BCUT2D eigenvalue weighted by Crippen LogP contribution is -2.43. The van der Waals surface area contributed by atoms with Gasteiger partial charge in [0.05, 0.1) is 18.1 Å². The standard InChI is InChI=1S/C17H23N3O3/c1-4-8-13(17(22)23-3)19-16(21)11-20-14-10-7-6-9-12(14)18-15(20)5-2/h6-7,9-10,13H,4-5,8,11H2,1-3H3,(H,19,21)/t13-/m1/s1. The smallest absolute Gasteiger partial charge is 0.328 e. The van der Waals surface area contributed by atoms with Crippen LogP contribution in [0.3, 0.4) is 0 Å². The third-order valence-electron chi connectivity index (χ3n) is 3.75. The fourth-order valence-corrected chi connectivity index (χ4v) is 2.64. The summed E-state index contributed by atoms with van der Waals surface area (Å²) >= 11 is 0. The number of amides is 1. The van der Waals surface area contributed by atoms with E-state index in [-0.39, 0.29) is 12.5 Å². The highest BCUT2D eigenvalue weighted by atomic mass is 16.5. The molecule has 1 aromatic carbocycles. The molecule has 1 atom stereocenters. The summed E-state index contributed by atoms with van der Waals surface area (Å²) < 4.78 is 6.64. The normalized spacial score (nSPS) is 12.1. The second-order valence-electron chi connectivity index (χ2n) is 5.39. The highest BCUT2D eigenvalue weighted by molar-refractivity contribution is 5.85. The molecule has 124 valence electrons. The van der Waals surface area contributed by atoms with Crippen LogP contribution in [0.25, 0.3) is 11.0 Å². The minimum atomic E-state index is -0.600. The first-order valence-corrected chi connectivity index (χ1v) is 7.92. The van der Waals surface area contributed by atoms with Crippen LogP contribution in [-0.2, 0) is 27.3 Å². The lowest BCUT2D eigenvalue weighted by molar-refractivity contribution is -0.145. The quantitative estimate of drug-likeness (QED) is 0.793. The summed E-state index contributed by atoms with van der Waals surface area (Å²) in [5.74, 6) is 0.226. The molecule has 2 aromatic rings. The molecular formula is C17H23N3O3. The van der Waals surface area contributed by atoms with Crippen molar-refractivity contribution in [1.29, 1.82) is 0 Å². The molecule has 1 N–H and O–H groups in total. The maximum Gasteiger partial charge on any atom is 0.328 e. The SMILES string of the molecule is CCC[C@@H](NC(=O)Cn1c(CC)nc2ccccc21)C(=O)OC. The van der Waals surface area contributed by atoms with E-state index >= 15 is 0 Å². The predicted molar refractivity (Wildman–Crippen MR) is 88.0 cm³/mol. The van der Waals surface area contributed by atoms with E-state index in [1.807, 2.05) is 42.7 Å². The van der Waals surface area contributed by atoms with E-state index in [1.165, 1.54) is 7.11 Å². The third kappa shape index (κ3) is 3.88. The Hall–Kier alpha value is -2.37. The van der Waals surface area contributed by atoms with E-state index < -0.39 is 12.0 Å². The molecule has 1 amide bonds. The summed E-state index contributed by atoms with van der Waals surface area (Å²) in [6.07, 6.45) is 2.08. The molecule has 0 aliphatic rings. The van der Waals surface area contributed by atoms with Crippen molar-refractivity contribution in [3.05, 3.63) is 30.1 Å². The minimum Gasteiger partial charge on any atom is -0.467 e. The van der Waals surface area contributed by atoms with Crippen LogP contribution < -0.4 is 5.32 Å². The van der Waals surface area contributed by atoms with Gasteiger partial charge in [-0.2, -0.15) is 0 Å². The number of nitrogens with one attached hydrogen (secondary N) is 1. The van der Waals surface area contributed by atoms with Gasteiger partial charge in [-0.05, 0) is 18.6 Å². The number of benzene rings is 1. The van der Waals surface area contributed by atoms with E-state index in [9.17, 15) is 9.59 Å². The van der Waals surface area contributed by atoms with Crippen molar-refractivity contribution in [1.82, 2.24) is 14.9 Å². The Balaban J connectivity index is 2.18. The van der Waals surface area contributed by atoms with Crippen molar-refractivity contribution < 1.29 is 14.3 Å². The molecule has 1 heterocycles. The molecule has 0 aliphatic carbocycles. The summed E-state index contributed by atoms with van der Waals surface area (Å²) in [4.78, 5) is 28.6. The van der Waals surface area contributed by atoms with Crippen molar-refractivity contribution in [2.45, 2.75) is 45.7 Å². The number of para-hydroxylation sites is 2. The number of hydrogen-bond donors (Lipinski definition) is 1. The maximum atomic E-state index is 12.4. The van der Waals surface area contributed by atoms with Gasteiger partial charge < -0.3 is 14.6 Å². The highest BCUT2D eigenvalue weighted by Crippen LogP contribution is 2.16. The number of aryl methyl sites for hydroxylation is 1. The lowest BCUT2D eigenvalue weighted by atomic mass is 10.1. The molecule has 0 radical (unpaired) electrons. The van der Waals surface area contributed by atoms with E-state index in [0.717, 1.165) is 29.7 Å². The Morgan fingerprint density at radius 1 is 1.30 bits per heavy atom. The Bertz CT molecular complexity index is 693. The largest absolute Gasteiger partial charge is 0.467 e. The van der Waals surface area contributed by atoms with Gasteiger partial charge in [0.15, 0.2) is 0 Å². The number of nitrogens with zero attached hydrogens (tertiary/aromatic N) is 2. The maximum absolute atomic E-state index is 12.4. The molecule has 23 heavy (non-hydrogen) atoms. The number of rotatable bonds is 7. The number of carbonyl (C=O) groups is 2. The van der Waals surface area contributed by atoms with E-state index in [0.29, 0.717) is 6.42 Å². The number of carbonyl (C=O) groups excluding carboxylic acids is 2. The summed E-state index contributed by atoms with van der Waals surface area (Å²) in [5, 5.41) is 2.76. The third-order valence-corrected chi connectivity index (χ3v) is 3.75. The van der Waals surface area contributed by atoms with Gasteiger partial charge >= 0.3 is 5.97 Å². The molecule has 0 unspecified atom stereocenters. The zero-order valence-corrected chi connectivity index (χ0v) is 13.8. The Morgan fingerprint density at radius 2 is 2.04 bits per heavy atom. The van der Waals surface area contributed by atoms with Crippen LogP contribution in [-0.4, -0.2) is 34.6 Å². The zero-order chi connectivity index (χ0) is 16.8. The summed E-state index contributed by atoms with van der Waals surface area (Å²) in [6, 6.07) is 7.12. The van der Waals surface area contributed by atoms with E-state index in [4.69, 9.17) is 4.74 Å². The van der Waals surface area contributed by atoms with Gasteiger partial charge in [-0.15, -0.1) is 0 Å². The predicted octanol–water partition coefficient (Wildman–Crippen LogP) is 2.06. The fourth-order valence-electron chi connectivity index (χ4n) is 2.64. The lowest BCUT2D eigenvalue weighted by Gasteiger charge is -2.16. The molecule has 2 rings (SSSR count). The van der Waals surface area contributed by atoms with Crippen LogP contribution in [0.2, 0.25) is 0 Å². The number of hydrogen-bond acceptors (Lipinski definition) is 4. The summed E-state index contributed by atoms with van der Waals surface area (Å²) in [6.45, 7) is 4.10. The van der Waals surface area contributed by atoms with Crippen LogP contribution in [0.4, 0.5) is 0 Å². The van der Waals surface area contributed by atoms with Crippen LogP contribution in [0, 0.1) is 0 Å². The average molecular weight is 317 g/mol. The van der Waals surface area contributed by atoms with Gasteiger partial charge in [-0.25, -0.2) is 9.78 Å². The van der Waals surface area contributed by atoms with Crippen molar-refractivity contribution in [2.75, 3.05) is 7.11 Å². The second kappa shape index (κ2) is 7.76. The van der Waals surface area contributed by atoms with Crippen LogP contribution in [0.5, 0.6) is 0 Å². The average Bonchev–Trinajstić information content (AvgIpc) is 2.91. The Labute approximate surface area is 135 Å². The fraction of sp³-hybridized carbons (Fsp3) is 0.471. The second-order valence-corrected chi connectivity index (χ2v) is 5.39. The number of aromatic nitrogens is 2. The van der Waals surface area contributed by atoms with Crippen molar-refractivity contribution in [3.8, 4) is 0 Å². The Kier molecular flexibility index (Phi) is 5.73. The molecule has 0 saturated carbocycles. The molecule has 0 fully saturated rings. The van der Waals surface area contributed by atoms with Gasteiger partial charge in [-0.1, -0.05) is 32.4 Å². The molecular weight excluding hydrogens is 294 g/mol. The number of imidazole rings is 1. The van der Waals surface area contributed by atoms with Gasteiger partial charge in [0.1, 0.15) is 18.4 Å². The Morgan fingerprint density at radius 3 is 2.70 bits per heavy atom. The monoisotopic (exact) mass is 317 g/mol. The number of methoxy groups -OCH3 is 1. The first-order valence-electron chi connectivity index (χ1n) is 7.92. The molecule has 0 saturated heterocycles. The van der Waals surface area contributed by atoms with Gasteiger partial charge in [-0.3, -0.25) is 4.79 Å². The van der Waals surface area contributed by atoms with Crippen LogP contribution in [0.1, 0.15) is 32.5 Å². The first-order chi connectivity index (χ1) is 11.1. The molecule has 0 aliphatic heterocycles. The minimum absolute atomic E-state index is 0.140. The topological polar surface area (TPSA) is 73.2 Å². The van der Waals surface area contributed by atoms with Crippen LogP contribution >= 0.6 is 0 Å². The summed E-state index contributed by atoms with van der Waals surface area (Å²) in [7, 11) is 1.33. The molecule has 0 spiro atoms. The highest BCUT2D eigenvalue weighted by Gasteiger charge is 2.21. The van der Waals surface area contributed by atoms with Crippen molar-refractivity contribution in [3.63, 3.8) is 0 Å². The molecule has 0 bridgehead atoms. The molecule has 1 aromatic heterocycles.